The van der Waals surface area contributed by atoms with Crippen molar-refractivity contribution in [2.45, 2.75) is 38.6 Å². The topological polar surface area (TPSA) is 55.1 Å². The molecule has 1 amide bonds. The van der Waals surface area contributed by atoms with E-state index in [1.54, 1.807) is 6.07 Å². The van der Waals surface area contributed by atoms with Crippen molar-refractivity contribution in [1.82, 2.24) is 0 Å². The molecule has 3 nitrogen and oxygen atoms in total. The van der Waals surface area contributed by atoms with Gasteiger partial charge < -0.3 is 11.1 Å². The van der Waals surface area contributed by atoms with Crippen LogP contribution in [-0.2, 0) is 4.79 Å². The number of carbonyl (C=O) groups is 1. The fourth-order valence-corrected chi connectivity index (χ4v) is 2.66. The number of rotatable bonds is 3. The van der Waals surface area contributed by atoms with Crippen LogP contribution in [0.2, 0.25) is 5.02 Å². The van der Waals surface area contributed by atoms with E-state index in [-0.39, 0.29) is 24.4 Å². The van der Waals surface area contributed by atoms with Gasteiger partial charge in [-0.05, 0) is 43.4 Å². The van der Waals surface area contributed by atoms with Gasteiger partial charge in [0.15, 0.2) is 0 Å². The molecule has 1 aliphatic carbocycles. The van der Waals surface area contributed by atoms with Crippen LogP contribution in [0.25, 0.3) is 0 Å². The molecule has 1 fully saturated rings. The molecule has 0 heterocycles. The average molecular weight is 303 g/mol. The molecule has 1 saturated carbocycles. The predicted molar refractivity (Wildman–Crippen MR) is 82.0 cm³/mol. The Hall–Kier alpha value is -0.770. The number of amides is 1. The molecule has 1 aromatic carbocycles. The number of nitrogens with one attached hydrogen (secondary N) is 1. The van der Waals surface area contributed by atoms with E-state index in [9.17, 15) is 4.79 Å². The van der Waals surface area contributed by atoms with Gasteiger partial charge in [-0.25, -0.2) is 0 Å². The first kappa shape index (κ1) is 16.3. The Bertz CT molecular complexity index is 451. The maximum atomic E-state index is 12.0. The summed E-state index contributed by atoms with van der Waals surface area (Å²) in [5.74, 6) is 0.354. The molecule has 1 aromatic rings. The fraction of sp³-hybridized carbons (Fsp3) is 0.500. The molecular formula is C14H20Cl2N2O. The number of aryl methyl sites for hydroxylation is 1. The normalized spacial score (nSPS) is 21.8. The molecule has 0 spiro atoms. The average Bonchev–Trinajstić information content (AvgIpc) is 2.70. The van der Waals surface area contributed by atoms with Crippen molar-refractivity contribution < 1.29 is 4.79 Å². The maximum Gasteiger partial charge on any atom is 0.224 e. The van der Waals surface area contributed by atoms with E-state index >= 15 is 0 Å². The Morgan fingerprint density at radius 2 is 2.21 bits per heavy atom. The van der Waals surface area contributed by atoms with E-state index in [1.807, 2.05) is 19.1 Å². The van der Waals surface area contributed by atoms with Crippen molar-refractivity contribution in [3.8, 4) is 0 Å². The van der Waals surface area contributed by atoms with Crippen molar-refractivity contribution >= 4 is 35.6 Å². The van der Waals surface area contributed by atoms with Crippen LogP contribution in [0.1, 0.15) is 31.2 Å². The molecular weight excluding hydrogens is 283 g/mol. The van der Waals surface area contributed by atoms with Gasteiger partial charge in [0.05, 0.1) is 0 Å². The molecule has 5 heteroatoms. The Labute approximate surface area is 125 Å². The highest BCUT2D eigenvalue weighted by Gasteiger charge is 2.26. The van der Waals surface area contributed by atoms with Crippen molar-refractivity contribution in [3.05, 3.63) is 28.8 Å². The van der Waals surface area contributed by atoms with Crippen molar-refractivity contribution in [1.29, 1.82) is 0 Å². The molecule has 106 valence electrons. The van der Waals surface area contributed by atoms with Crippen molar-refractivity contribution in [2.75, 3.05) is 5.32 Å². The molecule has 0 saturated heterocycles. The molecule has 19 heavy (non-hydrogen) atoms. The lowest BCUT2D eigenvalue weighted by Gasteiger charge is -2.15. The molecule has 0 aliphatic heterocycles. The molecule has 0 radical (unpaired) electrons. The van der Waals surface area contributed by atoms with Crippen LogP contribution in [0.15, 0.2) is 18.2 Å². The molecule has 3 N–H and O–H groups in total. The summed E-state index contributed by atoms with van der Waals surface area (Å²) in [6, 6.07) is 5.68. The minimum atomic E-state index is 0. The Morgan fingerprint density at radius 3 is 2.84 bits per heavy atom. The van der Waals surface area contributed by atoms with Gasteiger partial charge in [-0.3, -0.25) is 4.79 Å². The first-order chi connectivity index (χ1) is 8.56. The van der Waals surface area contributed by atoms with Gasteiger partial charge in [0, 0.05) is 23.2 Å². The first-order valence-corrected chi connectivity index (χ1v) is 6.75. The second-order valence-electron chi connectivity index (χ2n) is 5.07. The molecule has 0 bridgehead atoms. The molecule has 0 unspecified atom stereocenters. The first-order valence-electron chi connectivity index (χ1n) is 6.38. The van der Waals surface area contributed by atoms with Crippen LogP contribution in [0.5, 0.6) is 0 Å². The summed E-state index contributed by atoms with van der Waals surface area (Å²) < 4.78 is 0. The number of hydrogen-bond donors (Lipinski definition) is 2. The summed E-state index contributed by atoms with van der Waals surface area (Å²) in [6.45, 7) is 1.95. The predicted octanol–water partition coefficient (Wildman–Crippen LogP) is 3.53. The number of hydrogen-bond acceptors (Lipinski definition) is 2. The zero-order chi connectivity index (χ0) is 13.1. The lowest BCUT2D eigenvalue weighted by molar-refractivity contribution is -0.117. The summed E-state index contributed by atoms with van der Waals surface area (Å²) in [6.07, 6.45) is 3.74. The quantitative estimate of drug-likeness (QED) is 0.897. The van der Waals surface area contributed by atoms with Crippen LogP contribution in [-0.4, -0.2) is 11.9 Å². The molecule has 0 aromatic heterocycles. The van der Waals surface area contributed by atoms with Gasteiger partial charge in [-0.1, -0.05) is 24.1 Å². The zero-order valence-corrected chi connectivity index (χ0v) is 12.6. The second kappa shape index (κ2) is 7.13. The third kappa shape index (κ3) is 4.37. The monoisotopic (exact) mass is 302 g/mol. The summed E-state index contributed by atoms with van der Waals surface area (Å²) in [7, 11) is 0. The van der Waals surface area contributed by atoms with Gasteiger partial charge in [0.1, 0.15) is 0 Å². The van der Waals surface area contributed by atoms with Gasteiger partial charge in [0.2, 0.25) is 5.91 Å². The number of anilines is 1. The Morgan fingerprint density at radius 1 is 1.47 bits per heavy atom. The minimum Gasteiger partial charge on any atom is -0.327 e. The molecule has 1 aliphatic rings. The number of halogens is 2. The third-order valence-electron chi connectivity index (χ3n) is 3.64. The van der Waals surface area contributed by atoms with Crippen molar-refractivity contribution in [2.24, 2.45) is 11.7 Å². The maximum absolute atomic E-state index is 12.0. The molecule has 2 rings (SSSR count). The third-order valence-corrected chi connectivity index (χ3v) is 3.87. The number of nitrogens with two attached hydrogens (primary N) is 1. The number of carbonyl (C=O) groups excluding carboxylic acids is 1. The summed E-state index contributed by atoms with van der Waals surface area (Å²) in [5.41, 5.74) is 7.78. The van der Waals surface area contributed by atoms with Crippen LogP contribution >= 0.6 is 24.0 Å². The van der Waals surface area contributed by atoms with Gasteiger partial charge in [0.25, 0.3) is 0 Å². The van der Waals surface area contributed by atoms with E-state index in [2.05, 4.69) is 5.32 Å². The van der Waals surface area contributed by atoms with Crippen LogP contribution in [0.3, 0.4) is 0 Å². The fourth-order valence-electron chi connectivity index (χ4n) is 2.49. The lowest BCUT2D eigenvalue weighted by atomic mass is 10.00. The largest absolute Gasteiger partial charge is 0.327 e. The highest BCUT2D eigenvalue weighted by atomic mass is 35.5. The number of benzene rings is 1. The van der Waals surface area contributed by atoms with E-state index < -0.39 is 0 Å². The van der Waals surface area contributed by atoms with E-state index in [0.717, 1.165) is 30.5 Å². The van der Waals surface area contributed by atoms with Crippen LogP contribution in [0.4, 0.5) is 5.69 Å². The van der Waals surface area contributed by atoms with Gasteiger partial charge >= 0.3 is 0 Å². The zero-order valence-electron chi connectivity index (χ0n) is 11.0. The summed E-state index contributed by atoms with van der Waals surface area (Å²) >= 11 is 5.92. The van der Waals surface area contributed by atoms with Gasteiger partial charge in [-0.2, -0.15) is 0 Å². The SMILES string of the molecule is Cc1ccc(Cl)cc1NC(=O)C[C@@H]1CCC[C@H]1N.Cl. The van der Waals surface area contributed by atoms with E-state index in [4.69, 9.17) is 17.3 Å². The minimum absolute atomic E-state index is 0. The van der Waals surface area contributed by atoms with E-state index in [1.165, 1.54) is 0 Å². The summed E-state index contributed by atoms with van der Waals surface area (Å²) in [4.78, 5) is 12.0. The smallest absolute Gasteiger partial charge is 0.224 e. The van der Waals surface area contributed by atoms with E-state index in [0.29, 0.717) is 17.4 Å². The second-order valence-corrected chi connectivity index (χ2v) is 5.50. The lowest BCUT2D eigenvalue weighted by Crippen LogP contribution is -2.28. The highest BCUT2D eigenvalue weighted by molar-refractivity contribution is 6.31. The Kier molecular flexibility index (Phi) is 6.11. The standard InChI is InChI=1S/C14H19ClN2O.ClH/c1-9-5-6-11(15)8-13(9)17-14(18)7-10-3-2-4-12(10)16;/h5-6,8,10,12H,2-4,7,16H2,1H3,(H,17,18);1H/t10-,12+;/m0./s1. The van der Waals surface area contributed by atoms with Crippen LogP contribution < -0.4 is 11.1 Å². The molecule has 2 atom stereocenters. The van der Waals surface area contributed by atoms with Crippen molar-refractivity contribution in [3.63, 3.8) is 0 Å². The van der Waals surface area contributed by atoms with Crippen LogP contribution in [0, 0.1) is 12.8 Å². The summed E-state index contributed by atoms with van der Waals surface area (Å²) in [5, 5.41) is 3.55. The van der Waals surface area contributed by atoms with Gasteiger partial charge in [-0.15, -0.1) is 12.4 Å². The Balaban J connectivity index is 0.00000180. The highest BCUT2D eigenvalue weighted by Crippen LogP contribution is 2.27.